The van der Waals surface area contributed by atoms with E-state index in [2.05, 4.69) is 161 Å². The maximum absolute atomic E-state index is 6.08. The van der Waals surface area contributed by atoms with Crippen LogP contribution >= 0.6 is 0 Å². The quantitative estimate of drug-likeness (QED) is 0.190. The van der Waals surface area contributed by atoms with E-state index in [1.54, 1.807) is 0 Å². The summed E-state index contributed by atoms with van der Waals surface area (Å²) in [5.41, 5.74) is 9.08. The van der Waals surface area contributed by atoms with Gasteiger partial charge in [-0.2, -0.15) is 15.0 Å². The first-order valence-electron chi connectivity index (χ1n) is 17.0. The van der Waals surface area contributed by atoms with Crippen LogP contribution in [0.5, 0.6) is 0 Å². The molecule has 0 bridgehead atoms. The Morgan fingerprint density at radius 1 is 0.333 bits per heavy atom. The summed E-state index contributed by atoms with van der Waals surface area (Å²) in [6.07, 6.45) is 0. The van der Waals surface area contributed by atoms with Gasteiger partial charge in [-0.1, -0.05) is 121 Å². The van der Waals surface area contributed by atoms with Crippen molar-refractivity contribution in [3.8, 4) is 34.4 Å². The molecule has 6 heteroatoms. The lowest BCUT2D eigenvalue weighted by atomic mass is 10.0. The lowest BCUT2D eigenvalue weighted by Crippen LogP contribution is -2.10. The van der Waals surface area contributed by atoms with E-state index in [0.717, 1.165) is 82.2 Å². The van der Waals surface area contributed by atoms with Gasteiger partial charge in [0, 0.05) is 37.9 Å². The van der Waals surface area contributed by atoms with Crippen molar-refractivity contribution in [1.29, 1.82) is 0 Å². The molecule has 0 aliphatic carbocycles. The highest BCUT2D eigenvalue weighted by atomic mass is 16.3. The van der Waals surface area contributed by atoms with E-state index in [9.17, 15) is 0 Å². The van der Waals surface area contributed by atoms with E-state index in [4.69, 9.17) is 19.4 Å². The average Bonchev–Trinajstić information content (AvgIpc) is 3.85. The maximum atomic E-state index is 6.08. The van der Waals surface area contributed by atoms with Crippen LogP contribution in [0.4, 0.5) is 0 Å². The largest absolute Gasteiger partial charge is 0.456 e. The van der Waals surface area contributed by atoms with Crippen LogP contribution in [0.1, 0.15) is 0 Å². The van der Waals surface area contributed by atoms with Crippen LogP contribution in [0.3, 0.4) is 0 Å². The molecule has 4 aromatic heterocycles. The number of aromatic nitrogens is 5. The standard InChI is InChI=1S/C45H27N5O/c1-6-16-37-31(11-1)32-12-2-7-17-38(32)49(37)44-46-43(47-45(48-44)50-39-18-8-3-13-33(39)34-14-4-9-19-40(34)50)29-23-21-28(22-24-29)30-25-26-42-36(27-30)35-15-5-10-20-41(35)51-42/h1-27H. The van der Waals surface area contributed by atoms with Gasteiger partial charge in [-0.15, -0.1) is 0 Å². The second-order valence-electron chi connectivity index (χ2n) is 12.9. The van der Waals surface area contributed by atoms with Crippen molar-refractivity contribution in [2.24, 2.45) is 0 Å². The van der Waals surface area contributed by atoms with E-state index < -0.39 is 0 Å². The highest BCUT2D eigenvalue weighted by molar-refractivity contribution is 6.10. The average molecular weight is 654 g/mol. The van der Waals surface area contributed by atoms with E-state index >= 15 is 0 Å². The fourth-order valence-corrected chi connectivity index (χ4v) is 7.68. The van der Waals surface area contributed by atoms with Crippen molar-refractivity contribution in [2.75, 3.05) is 0 Å². The first-order valence-corrected chi connectivity index (χ1v) is 17.0. The second kappa shape index (κ2) is 10.7. The summed E-state index contributed by atoms with van der Waals surface area (Å²) in [5.74, 6) is 1.73. The molecule has 51 heavy (non-hydrogen) atoms. The van der Waals surface area contributed by atoms with Gasteiger partial charge in [0.25, 0.3) is 0 Å². The molecule has 0 aliphatic heterocycles. The van der Waals surface area contributed by atoms with Crippen molar-refractivity contribution in [3.05, 3.63) is 164 Å². The molecule has 0 unspecified atom stereocenters. The Bertz CT molecular complexity index is 2910. The number of para-hydroxylation sites is 5. The van der Waals surface area contributed by atoms with Gasteiger partial charge in [-0.05, 0) is 53.6 Å². The Morgan fingerprint density at radius 3 is 1.27 bits per heavy atom. The van der Waals surface area contributed by atoms with Crippen LogP contribution in [0, 0.1) is 0 Å². The minimum Gasteiger partial charge on any atom is -0.456 e. The predicted octanol–water partition coefficient (Wildman–Crippen LogP) is 11.3. The van der Waals surface area contributed by atoms with Gasteiger partial charge in [0.2, 0.25) is 11.9 Å². The van der Waals surface area contributed by atoms with Crippen molar-refractivity contribution in [3.63, 3.8) is 0 Å². The number of rotatable bonds is 4. The summed E-state index contributed by atoms with van der Waals surface area (Å²) in [7, 11) is 0. The summed E-state index contributed by atoms with van der Waals surface area (Å²) < 4.78 is 10.4. The summed E-state index contributed by atoms with van der Waals surface area (Å²) in [5, 5.41) is 6.84. The molecule has 0 atom stereocenters. The third-order valence-electron chi connectivity index (χ3n) is 10.0. The van der Waals surface area contributed by atoms with Gasteiger partial charge in [-0.3, -0.25) is 9.13 Å². The van der Waals surface area contributed by atoms with E-state index in [1.165, 1.54) is 0 Å². The van der Waals surface area contributed by atoms with Crippen molar-refractivity contribution in [1.82, 2.24) is 24.1 Å². The van der Waals surface area contributed by atoms with Crippen LogP contribution in [-0.4, -0.2) is 24.1 Å². The van der Waals surface area contributed by atoms with Crippen LogP contribution in [0.15, 0.2) is 168 Å². The van der Waals surface area contributed by atoms with Gasteiger partial charge in [0.15, 0.2) is 5.82 Å². The SMILES string of the molecule is c1ccc2c(c1)oc1ccc(-c3ccc(-c4nc(-n5c6ccccc6c6ccccc65)nc(-n5c6ccccc6c6ccccc65)n4)cc3)cc12. The Kier molecular flexibility index (Phi) is 5.86. The maximum Gasteiger partial charge on any atom is 0.240 e. The number of hydrogen-bond acceptors (Lipinski definition) is 4. The molecule has 6 nitrogen and oxygen atoms in total. The highest BCUT2D eigenvalue weighted by Gasteiger charge is 2.20. The molecule has 0 saturated heterocycles. The molecule has 0 aliphatic rings. The molecule has 0 radical (unpaired) electrons. The third kappa shape index (κ3) is 4.20. The fraction of sp³-hybridized carbons (Fsp3) is 0. The zero-order valence-corrected chi connectivity index (χ0v) is 27.2. The van der Waals surface area contributed by atoms with E-state index in [-0.39, 0.29) is 0 Å². The number of furan rings is 1. The Labute approximate surface area is 291 Å². The second-order valence-corrected chi connectivity index (χ2v) is 12.9. The summed E-state index contributed by atoms with van der Waals surface area (Å²) in [6, 6.07) is 56.8. The first kappa shape index (κ1) is 27.9. The highest BCUT2D eigenvalue weighted by Crippen LogP contribution is 2.36. The fourth-order valence-electron chi connectivity index (χ4n) is 7.68. The number of hydrogen-bond donors (Lipinski definition) is 0. The molecule has 238 valence electrons. The molecule has 11 aromatic rings. The zero-order chi connectivity index (χ0) is 33.5. The smallest absolute Gasteiger partial charge is 0.240 e. The Morgan fingerprint density at radius 2 is 0.745 bits per heavy atom. The molecule has 0 spiro atoms. The minimum atomic E-state index is 0.565. The summed E-state index contributed by atoms with van der Waals surface area (Å²) in [4.78, 5) is 15.7. The normalized spacial score (nSPS) is 11.9. The summed E-state index contributed by atoms with van der Waals surface area (Å²) in [6.45, 7) is 0. The van der Waals surface area contributed by atoms with E-state index in [0.29, 0.717) is 17.7 Å². The Hall–Kier alpha value is -7.05. The lowest BCUT2D eigenvalue weighted by molar-refractivity contribution is 0.669. The Balaban J connectivity index is 1.13. The molecule has 11 rings (SSSR count). The molecular formula is C45H27N5O. The monoisotopic (exact) mass is 653 g/mol. The van der Waals surface area contributed by atoms with Gasteiger partial charge in [0.05, 0.1) is 22.1 Å². The van der Waals surface area contributed by atoms with Crippen LogP contribution in [-0.2, 0) is 0 Å². The van der Waals surface area contributed by atoms with E-state index in [1.807, 2.05) is 12.1 Å². The minimum absolute atomic E-state index is 0.565. The van der Waals surface area contributed by atoms with Crippen molar-refractivity contribution in [2.45, 2.75) is 0 Å². The van der Waals surface area contributed by atoms with Gasteiger partial charge in [-0.25, -0.2) is 0 Å². The molecule has 7 aromatic carbocycles. The van der Waals surface area contributed by atoms with Gasteiger partial charge >= 0.3 is 0 Å². The van der Waals surface area contributed by atoms with Gasteiger partial charge < -0.3 is 4.42 Å². The molecule has 0 amide bonds. The molecule has 4 heterocycles. The number of nitrogens with zero attached hydrogens (tertiary/aromatic N) is 5. The number of fused-ring (bicyclic) bond motifs is 9. The molecular weight excluding hydrogens is 627 g/mol. The van der Waals surface area contributed by atoms with Crippen molar-refractivity contribution < 1.29 is 4.42 Å². The number of benzene rings is 7. The van der Waals surface area contributed by atoms with Crippen LogP contribution in [0.25, 0.3) is 100.0 Å². The van der Waals surface area contributed by atoms with Crippen molar-refractivity contribution >= 4 is 65.6 Å². The summed E-state index contributed by atoms with van der Waals surface area (Å²) >= 11 is 0. The molecule has 0 saturated carbocycles. The van der Waals surface area contributed by atoms with Gasteiger partial charge in [0.1, 0.15) is 11.2 Å². The van der Waals surface area contributed by atoms with Crippen LogP contribution < -0.4 is 0 Å². The lowest BCUT2D eigenvalue weighted by Gasteiger charge is -2.13. The topological polar surface area (TPSA) is 61.7 Å². The molecule has 0 N–H and O–H groups in total. The third-order valence-corrected chi connectivity index (χ3v) is 10.0. The zero-order valence-electron chi connectivity index (χ0n) is 27.2. The molecule has 0 fully saturated rings. The van der Waals surface area contributed by atoms with Crippen LogP contribution in [0.2, 0.25) is 0 Å². The first-order chi connectivity index (χ1) is 25.3. The predicted molar refractivity (Wildman–Crippen MR) is 207 cm³/mol.